The van der Waals surface area contributed by atoms with Gasteiger partial charge in [-0.2, -0.15) is 5.26 Å². The topological polar surface area (TPSA) is 48.7 Å². The molecule has 0 amide bonds. The minimum atomic E-state index is 0.737. The lowest BCUT2D eigenvalue weighted by atomic mass is 10.3. The molecule has 86 valence electrons. The first-order valence-electron chi connectivity index (χ1n) is 5.38. The summed E-state index contributed by atoms with van der Waals surface area (Å²) in [5.41, 5.74) is 2.81. The summed E-state index contributed by atoms with van der Waals surface area (Å²) in [5, 5.41) is 13.9. The molecule has 2 rings (SSSR count). The molecule has 0 aliphatic rings. The molecule has 0 aromatic carbocycles. The fourth-order valence-electron chi connectivity index (χ4n) is 1.54. The Morgan fingerprint density at radius 1 is 1.41 bits per heavy atom. The maximum Gasteiger partial charge on any atom is 0.100 e. The Kier molecular flexibility index (Phi) is 3.86. The largest absolute Gasteiger partial charge is 0.306 e. The summed E-state index contributed by atoms with van der Waals surface area (Å²) in [7, 11) is 0. The number of nitriles is 1. The van der Waals surface area contributed by atoms with E-state index in [0.717, 1.165) is 30.0 Å². The summed E-state index contributed by atoms with van der Waals surface area (Å²) < 4.78 is 0. The van der Waals surface area contributed by atoms with Crippen molar-refractivity contribution in [1.82, 2.24) is 10.3 Å². The van der Waals surface area contributed by atoms with E-state index in [4.69, 9.17) is 5.26 Å². The molecule has 1 N–H and O–H groups in total. The third-order valence-electron chi connectivity index (χ3n) is 2.33. The lowest BCUT2D eigenvalue weighted by Gasteiger charge is -2.03. The van der Waals surface area contributed by atoms with Gasteiger partial charge >= 0.3 is 0 Å². The van der Waals surface area contributed by atoms with E-state index in [1.165, 1.54) is 4.88 Å². The fourth-order valence-corrected chi connectivity index (χ4v) is 2.32. The summed E-state index contributed by atoms with van der Waals surface area (Å²) in [6.07, 6.45) is 0. The molecule has 0 saturated carbocycles. The summed E-state index contributed by atoms with van der Waals surface area (Å²) in [6, 6.07) is 10.1. The normalized spacial score (nSPS) is 10.1. The first kappa shape index (κ1) is 11.8. The quantitative estimate of drug-likeness (QED) is 0.898. The third kappa shape index (κ3) is 3.38. The maximum atomic E-state index is 8.71. The fraction of sp³-hybridized carbons (Fsp3) is 0.231. The van der Waals surface area contributed by atoms with E-state index < -0.39 is 0 Å². The van der Waals surface area contributed by atoms with Crippen LogP contribution < -0.4 is 5.32 Å². The van der Waals surface area contributed by atoms with Crippen LogP contribution in [-0.4, -0.2) is 4.98 Å². The summed E-state index contributed by atoms with van der Waals surface area (Å²) in [6.45, 7) is 3.52. The Bertz CT molecular complexity index is 540. The number of pyridine rings is 1. The zero-order chi connectivity index (χ0) is 12.1. The van der Waals surface area contributed by atoms with Gasteiger partial charge in [-0.15, -0.1) is 11.3 Å². The van der Waals surface area contributed by atoms with Gasteiger partial charge in [-0.3, -0.25) is 4.98 Å². The van der Waals surface area contributed by atoms with Gasteiger partial charge in [0.05, 0.1) is 11.3 Å². The lowest BCUT2D eigenvalue weighted by Crippen LogP contribution is -2.13. The van der Waals surface area contributed by atoms with Gasteiger partial charge in [0.25, 0.3) is 0 Å². The van der Waals surface area contributed by atoms with Crippen LogP contribution in [0.5, 0.6) is 0 Å². The highest BCUT2D eigenvalue weighted by Gasteiger charge is 1.99. The van der Waals surface area contributed by atoms with Crippen molar-refractivity contribution < 1.29 is 0 Å². The van der Waals surface area contributed by atoms with Gasteiger partial charge in [-0.25, -0.2) is 0 Å². The highest BCUT2D eigenvalue weighted by molar-refractivity contribution is 7.10. The Labute approximate surface area is 105 Å². The molecular formula is C13H13N3S. The molecule has 2 heterocycles. The average Bonchev–Trinajstić information content (AvgIpc) is 2.77. The van der Waals surface area contributed by atoms with Crippen LogP contribution in [0.4, 0.5) is 0 Å². The number of aryl methyl sites for hydroxylation is 1. The number of nitrogens with zero attached hydrogens (tertiary/aromatic N) is 2. The van der Waals surface area contributed by atoms with Crippen LogP contribution in [0.15, 0.2) is 29.6 Å². The van der Waals surface area contributed by atoms with Crippen molar-refractivity contribution in [3.05, 3.63) is 51.5 Å². The number of nitrogens with one attached hydrogen (secondary N) is 1. The van der Waals surface area contributed by atoms with Crippen LogP contribution in [0.1, 0.15) is 21.8 Å². The maximum absolute atomic E-state index is 8.71. The molecule has 3 nitrogen and oxygen atoms in total. The van der Waals surface area contributed by atoms with Crippen molar-refractivity contribution in [3.8, 4) is 6.07 Å². The molecule has 17 heavy (non-hydrogen) atoms. The third-order valence-corrected chi connectivity index (χ3v) is 3.27. The van der Waals surface area contributed by atoms with Gasteiger partial charge in [0, 0.05) is 29.0 Å². The number of rotatable bonds is 4. The van der Waals surface area contributed by atoms with E-state index in [0.29, 0.717) is 0 Å². The number of hydrogen-bond donors (Lipinski definition) is 1. The zero-order valence-electron chi connectivity index (χ0n) is 9.60. The number of thiophene rings is 1. The van der Waals surface area contributed by atoms with Gasteiger partial charge in [0.2, 0.25) is 0 Å². The molecule has 0 fully saturated rings. The smallest absolute Gasteiger partial charge is 0.100 e. The van der Waals surface area contributed by atoms with Crippen molar-refractivity contribution in [2.75, 3.05) is 0 Å². The summed E-state index contributed by atoms with van der Waals surface area (Å²) >= 11 is 1.61. The molecule has 4 heteroatoms. The summed E-state index contributed by atoms with van der Waals surface area (Å²) in [4.78, 5) is 5.59. The van der Waals surface area contributed by atoms with Gasteiger partial charge < -0.3 is 5.32 Å². The Balaban J connectivity index is 1.85. The van der Waals surface area contributed by atoms with E-state index in [2.05, 4.69) is 16.4 Å². The SMILES string of the molecule is Cc1cccc(CNCc2cc(C#N)cs2)n1. The first-order chi connectivity index (χ1) is 8.28. The Hall–Kier alpha value is -1.70. The van der Waals surface area contributed by atoms with Crippen LogP contribution in [-0.2, 0) is 13.1 Å². The molecule has 0 aliphatic heterocycles. The molecule has 0 spiro atoms. The lowest BCUT2D eigenvalue weighted by molar-refractivity contribution is 0.685. The van der Waals surface area contributed by atoms with Gasteiger partial charge in [0.15, 0.2) is 0 Å². The van der Waals surface area contributed by atoms with E-state index in [9.17, 15) is 0 Å². The van der Waals surface area contributed by atoms with Crippen LogP contribution in [0.3, 0.4) is 0 Å². The predicted octanol–water partition coefficient (Wildman–Crippen LogP) is 2.61. The molecule has 0 atom stereocenters. The van der Waals surface area contributed by atoms with E-state index >= 15 is 0 Å². The van der Waals surface area contributed by atoms with Crippen molar-refractivity contribution in [3.63, 3.8) is 0 Å². The van der Waals surface area contributed by atoms with Gasteiger partial charge in [-0.05, 0) is 25.1 Å². The molecule has 2 aromatic heterocycles. The molecule has 0 radical (unpaired) electrons. The van der Waals surface area contributed by atoms with Crippen LogP contribution in [0, 0.1) is 18.3 Å². The molecule has 2 aromatic rings. The monoisotopic (exact) mass is 243 g/mol. The van der Waals surface area contributed by atoms with Gasteiger partial charge in [0.1, 0.15) is 6.07 Å². The molecule has 0 aliphatic carbocycles. The molecular weight excluding hydrogens is 230 g/mol. The highest BCUT2D eigenvalue weighted by atomic mass is 32.1. The minimum Gasteiger partial charge on any atom is -0.306 e. The van der Waals surface area contributed by atoms with E-state index in [1.807, 2.05) is 36.6 Å². The predicted molar refractivity (Wildman–Crippen MR) is 68.6 cm³/mol. The zero-order valence-corrected chi connectivity index (χ0v) is 10.4. The molecule has 0 saturated heterocycles. The van der Waals surface area contributed by atoms with E-state index in [1.54, 1.807) is 11.3 Å². The van der Waals surface area contributed by atoms with Crippen LogP contribution in [0.25, 0.3) is 0 Å². The van der Waals surface area contributed by atoms with Crippen molar-refractivity contribution in [2.24, 2.45) is 0 Å². The number of hydrogen-bond acceptors (Lipinski definition) is 4. The summed E-state index contributed by atoms with van der Waals surface area (Å²) in [5.74, 6) is 0. The van der Waals surface area contributed by atoms with E-state index in [-0.39, 0.29) is 0 Å². The second kappa shape index (κ2) is 5.58. The molecule has 0 bridgehead atoms. The molecule has 0 unspecified atom stereocenters. The van der Waals surface area contributed by atoms with Crippen LogP contribution >= 0.6 is 11.3 Å². The minimum absolute atomic E-state index is 0.737. The number of aromatic nitrogens is 1. The Morgan fingerprint density at radius 2 is 2.29 bits per heavy atom. The first-order valence-corrected chi connectivity index (χ1v) is 6.26. The van der Waals surface area contributed by atoms with Crippen LogP contribution in [0.2, 0.25) is 0 Å². The highest BCUT2D eigenvalue weighted by Crippen LogP contribution is 2.13. The van der Waals surface area contributed by atoms with Crippen molar-refractivity contribution >= 4 is 11.3 Å². The Morgan fingerprint density at radius 3 is 3.00 bits per heavy atom. The second-order valence-electron chi connectivity index (χ2n) is 3.79. The second-order valence-corrected chi connectivity index (χ2v) is 4.78. The van der Waals surface area contributed by atoms with Gasteiger partial charge in [-0.1, -0.05) is 6.07 Å². The average molecular weight is 243 g/mol. The van der Waals surface area contributed by atoms with Crippen molar-refractivity contribution in [1.29, 1.82) is 5.26 Å². The van der Waals surface area contributed by atoms with Crippen molar-refractivity contribution in [2.45, 2.75) is 20.0 Å². The standard InChI is InChI=1S/C13H13N3S/c1-10-3-2-4-12(16-10)7-15-8-13-5-11(6-14)9-17-13/h2-5,9,15H,7-8H2,1H3.